The summed E-state index contributed by atoms with van der Waals surface area (Å²) in [5.74, 6) is 2.19. The van der Waals surface area contributed by atoms with Gasteiger partial charge in [0, 0.05) is 0 Å². The Hall–Kier alpha value is -0.791. The molecule has 0 spiro atoms. The number of benzene rings is 2. The van der Waals surface area contributed by atoms with Gasteiger partial charge in [-0.15, -0.1) is 0 Å². The molecule has 158 valence electrons. The van der Waals surface area contributed by atoms with E-state index in [4.69, 9.17) is 0 Å². The van der Waals surface area contributed by atoms with Gasteiger partial charge in [-0.1, -0.05) is 0 Å². The van der Waals surface area contributed by atoms with Gasteiger partial charge in [0.05, 0.1) is 0 Å². The predicted octanol–water partition coefficient (Wildman–Crippen LogP) is 7.90. The van der Waals surface area contributed by atoms with Crippen LogP contribution in [0.2, 0.25) is 13.3 Å². The van der Waals surface area contributed by atoms with Crippen LogP contribution in [0.1, 0.15) is 59.3 Å². The minimum absolute atomic E-state index is 0.962. The van der Waals surface area contributed by atoms with Gasteiger partial charge in [0.1, 0.15) is 0 Å². The maximum atomic E-state index is 14.4. The monoisotopic (exact) mass is 518 g/mol. The van der Waals surface area contributed by atoms with Crippen LogP contribution in [0.4, 0.5) is 0 Å². The molecule has 0 unspecified atom stereocenters. The van der Waals surface area contributed by atoms with E-state index in [2.05, 4.69) is 30.7 Å². The van der Waals surface area contributed by atoms with Crippen LogP contribution in [0.5, 0.6) is 0 Å². The van der Waals surface area contributed by atoms with E-state index >= 15 is 0 Å². The Labute approximate surface area is 183 Å². The van der Waals surface area contributed by atoms with Crippen molar-refractivity contribution in [2.24, 2.45) is 0 Å². The van der Waals surface area contributed by atoms with E-state index in [1.54, 1.807) is 0 Å². The molecule has 0 fully saturated rings. The van der Waals surface area contributed by atoms with E-state index in [0.717, 1.165) is 10.6 Å². The molecule has 0 N–H and O–H groups in total. The summed E-state index contributed by atoms with van der Waals surface area (Å²) in [6.07, 6.45) is 7.78. The zero-order chi connectivity index (χ0) is 21.0. The third kappa shape index (κ3) is 7.14. The fourth-order valence-electron chi connectivity index (χ4n) is 4.09. The summed E-state index contributed by atoms with van der Waals surface area (Å²) in [6, 6.07) is 20.2. The number of hydrogen-bond acceptors (Lipinski definition) is 1. The van der Waals surface area contributed by atoms with Crippen LogP contribution in [0.3, 0.4) is 0 Å². The Morgan fingerprint density at radius 2 is 1.07 bits per heavy atom. The number of unbranched alkanes of at least 4 members (excludes halogenated alkanes) is 3. The van der Waals surface area contributed by atoms with E-state index in [0.29, 0.717) is 0 Å². The van der Waals surface area contributed by atoms with Gasteiger partial charge in [0.25, 0.3) is 0 Å². The van der Waals surface area contributed by atoms with E-state index in [-0.39, 0.29) is 0 Å². The summed E-state index contributed by atoms with van der Waals surface area (Å²) in [4.78, 5) is 0. The van der Waals surface area contributed by atoms with Crippen LogP contribution < -0.4 is 10.6 Å². The Morgan fingerprint density at radius 3 is 1.41 bits per heavy atom. The van der Waals surface area contributed by atoms with Crippen molar-refractivity contribution in [1.29, 1.82) is 0 Å². The normalized spacial score (nSPS) is 12.5. The van der Waals surface area contributed by atoms with Gasteiger partial charge >= 0.3 is 184 Å². The molecule has 0 saturated heterocycles. The first kappa shape index (κ1) is 24.5. The molecule has 0 aromatic heterocycles. The molecule has 2 aromatic carbocycles. The molecule has 0 amide bonds. The summed E-state index contributed by atoms with van der Waals surface area (Å²) < 4.78 is 21.2. The van der Waals surface area contributed by atoms with Gasteiger partial charge in [-0.05, 0) is 0 Å². The van der Waals surface area contributed by atoms with Crippen molar-refractivity contribution < 1.29 is 4.57 Å². The molecule has 0 bridgehead atoms. The zero-order valence-electron chi connectivity index (χ0n) is 18.6. The van der Waals surface area contributed by atoms with Crippen molar-refractivity contribution in [3.63, 3.8) is 0 Å². The van der Waals surface area contributed by atoms with Crippen LogP contribution in [0.25, 0.3) is 0 Å². The molecule has 0 aliphatic rings. The standard InChI is InChI=1S/C14H12OP.3C4H9.Sn/c1-2-16(15,13-9-5-3-6-10-13)14-11-7-4-8-12-14;3*1-3-4-2;/h1-12H;3*1,3-4H2,2H3;. The molecule has 3 heteroatoms. The summed E-state index contributed by atoms with van der Waals surface area (Å²) in [7, 11) is -2.74. The van der Waals surface area contributed by atoms with Crippen LogP contribution in [-0.2, 0) is 4.57 Å². The van der Waals surface area contributed by atoms with Gasteiger partial charge < -0.3 is 0 Å². The SMILES string of the molecule is CCC[CH2][Sn](/[CH]=C/P(=O)(c1ccccc1)c1ccccc1)([CH2]CCC)[CH2]CCC. The molecule has 0 atom stereocenters. The molecule has 1 nitrogen and oxygen atoms in total. The van der Waals surface area contributed by atoms with Crippen molar-refractivity contribution in [1.82, 2.24) is 0 Å². The van der Waals surface area contributed by atoms with Gasteiger partial charge in [-0.2, -0.15) is 0 Å². The molecule has 2 aromatic rings. The maximum absolute atomic E-state index is 14.4. The quantitative estimate of drug-likeness (QED) is 0.195. The van der Waals surface area contributed by atoms with Gasteiger partial charge in [0.15, 0.2) is 0 Å². The Morgan fingerprint density at radius 1 is 0.690 bits per heavy atom. The molecule has 0 saturated carbocycles. The summed E-state index contributed by atoms with van der Waals surface area (Å²) in [5, 5.41) is 1.92. The number of rotatable bonds is 13. The van der Waals surface area contributed by atoms with Gasteiger partial charge in [-0.25, -0.2) is 0 Å². The second kappa shape index (κ2) is 12.8. The minimum atomic E-state index is -2.74. The average molecular weight is 517 g/mol. The molecule has 2 rings (SSSR count). The van der Waals surface area contributed by atoms with Crippen molar-refractivity contribution in [2.45, 2.75) is 72.6 Å². The third-order valence-electron chi connectivity index (χ3n) is 6.00. The van der Waals surface area contributed by atoms with E-state index in [1.807, 2.05) is 60.7 Å². The Bertz CT molecular complexity index is 705. The van der Waals surface area contributed by atoms with Crippen LogP contribution in [0.15, 0.2) is 70.6 Å². The topological polar surface area (TPSA) is 17.1 Å². The second-order valence-electron chi connectivity index (χ2n) is 8.32. The first-order valence-electron chi connectivity index (χ1n) is 11.5. The first-order chi connectivity index (χ1) is 14.1. The zero-order valence-corrected chi connectivity index (χ0v) is 22.4. The average Bonchev–Trinajstić information content (AvgIpc) is 2.79. The first-order valence-corrected chi connectivity index (χ1v) is 21.0. The van der Waals surface area contributed by atoms with Crippen LogP contribution in [-0.4, -0.2) is 18.4 Å². The molecule has 0 aliphatic carbocycles. The van der Waals surface area contributed by atoms with Gasteiger partial charge in [0.2, 0.25) is 0 Å². The van der Waals surface area contributed by atoms with Crippen molar-refractivity contribution in [3.8, 4) is 0 Å². The molecule has 0 radical (unpaired) electrons. The Balaban J connectivity index is 2.49. The van der Waals surface area contributed by atoms with E-state index in [9.17, 15) is 4.57 Å². The molecule has 0 heterocycles. The van der Waals surface area contributed by atoms with Crippen LogP contribution in [0, 0.1) is 0 Å². The third-order valence-corrected chi connectivity index (χ3v) is 23.5. The fourth-order valence-corrected chi connectivity index (χ4v) is 23.6. The summed E-state index contributed by atoms with van der Waals surface area (Å²) >= 11 is -2.49. The van der Waals surface area contributed by atoms with Gasteiger partial charge in [-0.3, -0.25) is 0 Å². The fraction of sp³-hybridized carbons (Fsp3) is 0.462. The predicted molar refractivity (Wildman–Crippen MR) is 134 cm³/mol. The van der Waals surface area contributed by atoms with Crippen molar-refractivity contribution in [3.05, 3.63) is 70.6 Å². The van der Waals surface area contributed by atoms with Crippen LogP contribution >= 0.6 is 7.14 Å². The van der Waals surface area contributed by atoms with Crippen molar-refractivity contribution >= 4 is 36.1 Å². The molecule has 29 heavy (non-hydrogen) atoms. The van der Waals surface area contributed by atoms with E-state index < -0.39 is 25.5 Å². The summed E-state index contributed by atoms with van der Waals surface area (Å²) in [5.41, 5.74) is 0. The molecule has 0 aliphatic heterocycles. The van der Waals surface area contributed by atoms with Crippen molar-refractivity contribution in [2.75, 3.05) is 0 Å². The van der Waals surface area contributed by atoms with E-state index in [1.165, 1.54) is 51.8 Å². The summed E-state index contributed by atoms with van der Waals surface area (Å²) in [6.45, 7) is 6.91. The Kier molecular flexibility index (Phi) is 10.8. The molecular formula is C26H39OPSn. The molecular weight excluding hydrogens is 478 g/mol. The second-order valence-corrected chi connectivity index (χ2v) is 24.0. The number of hydrogen-bond donors (Lipinski definition) is 0.